The minimum Gasteiger partial charge on any atom is -0.351 e. The Hall–Kier alpha value is -1.78. The molecule has 0 aliphatic heterocycles. The number of hydrazine groups is 1. The molecular formula is C15H12Br2FN3O3S. The van der Waals surface area contributed by atoms with Crippen molar-refractivity contribution in [2.45, 2.75) is 6.42 Å². The van der Waals surface area contributed by atoms with E-state index in [9.17, 15) is 18.8 Å². The van der Waals surface area contributed by atoms with E-state index in [-0.39, 0.29) is 18.5 Å². The number of carbonyl (C=O) groups is 3. The van der Waals surface area contributed by atoms with Crippen molar-refractivity contribution >= 4 is 60.9 Å². The first-order chi connectivity index (χ1) is 11.9. The van der Waals surface area contributed by atoms with Gasteiger partial charge in [0.25, 0.3) is 11.8 Å². The lowest BCUT2D eigenvalue weighted by atomic mass is 10.2. The van der Waals surface area contributed by atoms with Gasteiger partial charge in [-0.2, -0.15) is 0 Å². The standard InChI is InChI=1S/C15H12Br2FN3O3S/c16-10-2-1-8(18)7-9(10)14(23)19-6-5-13(22)20-21-15(24)11-3-4-12(17)25-11/h1-4,7H,5-6H2,(H,19,23)(H,20,22)(H,21,24). The number of thiophene rings is 1. The summed E-state index contributed by atoms with van der Waals surface area (Å²) in [5.74, 6) is -1.94. The van der Waals surface area contributed by atoms with Crippen molar-refractivity contribution in [1.82, 2.24) is 16.2 Å². The number of carbonyl (C=O) groups excluding carboxylic acids is 3. The lowest BCUT2D eigenvalue weighted by Gasteiger charge is -2.08. The first kappa shape index (κ1) is 19.5. The van der Waals surface area contributed by atoms with Crippen LogP contribution in [0.1, 0.15) is 26.5 Å². The fourth-order valence-electron chi connectivity index (χ4n) is 1.74. The van der Waals surface area contributed by atoms with Crippen molar-refractivity contribution in [3.8, 4) is 0 Å². The van der Waals surface area contributed by atoms with Gasteiger partial charge in [-0.05, 0) is 62.2 Å². The zero-order valence-electron chi connectivity index (χ0n) is 12.6. The summed E-state index contributed by atoms with van der Waals surface area (Å²) >= 11 is 7.63. The van der Waals surface area contributed by atoms with Crippen LogP contribution in [0.15, 0.2) is 38.6 Å². The van der Waals surface area contributed by atoms with Gasteiger partial charge in [-0.15, -0.1) is 11.3 Å². The molecule has 3 N–H and O–H groups in total. The van der Waals surface area contributed by atoms with Crippen LogP contribution in [-0.2, 0) is 4.79 Å². The Morgan fingerprint density at radius 2 is 1.80 bits per heavy atom. The number of benzene rings is 1. The maximum atomic E-state index is 13.2. The molecule has 0 unspecified atom stereocenters. The predicted octanol–water partition coefficient (Wildman–Crippen LogP) is 2.99. The zero-order valence-corrected chi connectivity index (χ0v) is 16.6. The molecule has 0 atom stereocenters. The van der Waals surface area contributed by atoms with E-state index in [1.54, 1.807) is 12.1 Å². The summed E-state index contributed by atoms with van der Waals surface area (Å²) in [7, 11) is 0. The fraction of sp³-hybridized carbons (Fsp3) is 0.133. The minimum absolute atomic E-state index is 0.0358. The summed E-state index contributed by atoms with van der Waals surface area (Å²) in [6, 6.07) is 7.09. The average molecular weight is 493 g/mol. The summed E-state index contributed by atoms with van der Waals surface area (Å²) in [6.07, 6.45) is -0.0485. The molecule has 1 aromatic carbocycles. The summed E-state index contributed by atoms with van der Waals surface area (Å²) in [4.78, 5) is 35.8. The van der Waals surface area contributed by atoms with Crippen LogP contribution in [0.2, 0.25) is 0 Å². The highest BCUT2D eigenvalue weighted by Gasteiger charge is 2.12. The smallest absolute Gasteiger partial charge is 0.279 e. The molecule has 0 bridgehead atoms. The van der Waals surface area contributed by atoms with Crippen molar-refractivity contribution in [2.75, 3.05) is 6.54 Å². The quantitative estimate of drug-likeness (QED) is 0.561. The molecule has 0 aliphatic rings. The minimum atomic E-state index is -0.533. The number of nitrogens with one attached hydrogen (secondary N) is 3. The first-order valence-corrected chi connectivity index (χ1v) is 9.35. The summed E-state index contributed by atoms with van der Waals surface area (Å²) < 4.78 is 14.4. The van der Waals surface area contributed by atoms with Gasteiger partial charge in [0.2, 0.25) is 5.91 Å². The van der Waals surface area contributed by atoms with E-state index in [0.29, 0.717) is 9.35 Å². The third kappa shape index (κ3) is 5.91. The molecule has 10 heteroatoms. The molecule has 25 heavy (non-hydrogen) atoms. The molecule has 0 spiro atoms. The van der Waals surface area contributed by atoms with Crippen LogP contribution in [0, 0.1) is 5.82 Å². The van der Waals surface area contributed by atoms with E-state index in [0.717, 1.165) is 9.85 Å². The molecule has 0 saturated heterocycles. The van der Waals surface area contributed by atoms with Crippen molar-refractivity contribution in [3.63, 3.8) is 0 Å². The van der Waals surface area contributed by atoms with Gasteiger partial charge >= 0.3 is 0 Å². The van der Waals surface area contributed by atoms with Crippen molar-refractivity contribution in [2.24, 2.45) is 0 Å². The van der Waals surface area contributed by atoms with E-state index in [1.807, 2.05) is 0 Å². The third-order valence-electron chi connectivity index (χ3n) is 2.92. The Morgan fingerprint density at radius 1 is 1.04 bits per heavy atom. The number of amides is 3. The normalized spacial score (nSPS) is 10.2. The van der Waals surface area contributed by atoms with E-state index < -0.39 is 23.5 Å². The van der Waals surface area contributed by atoms with Gasteiger partial charge in [0.15, 0.2) is 0 Å². The van der Waals surface area contributed by atoms with Gasteiger partial charge in [0, 0.05) is 17.4 Å². The fourth-order valence-corrected chi connectivity index (χ4v) is 3.45. The van der Waals surface area contributed by atoms with E-state index in [2.05, 4.69) is 48.0 Å². The van der Waals surface area contributed by atoms with Gasteiger partial charge in [0.1, 0.15) is 5.82 Å². The second-order valence-corrected chi connectivity index (χ2v) is 8.05. The zero-order chi connectivity index (χ0) is 18.4. The van der Waals surface area contributed by atoms with Crippen molar-refractivity contribution in [3.05, 3.63) is 54.8 Å². The molecule has 0 fully saturated rings. The third-order valence-corrected chi connectivity index (χ3v) is 5.24. The number of hydrogen-bond donors (Lipinski definition) is 3. The molecular weight excluding hydrogens is 481 g/mol. The molecule has 1 heterocycles. The van der Waals surface area contributed by atoms with Gasteiger partial charge in [-0.25, -0.2) is 4.39 Å². The topological polar surface area (TPSA) is 87.3 Å². The molecule has 0 aliphatic carbocycles. The number of rotatable bonds is 5. The van der Waals surface area contributed by atoms with Crippen molar-refractivity contribution in [1.29, 1.82) is 0 Å². The summed E-state index contributed by atoms with van der Waals surface area (Å²) in [5.41, 5.74) is 4.67. The Kier molecular flexibility index (Phi) is 7.09. The second-order valence-electron chi connectivity index (χ2n) is 4.74. The maximum absolute atomic E-state index is 13.2. The van der Waals surface area contributed by atoms with Gasteiger partial charge in [0.05, 0.1) is 14.2 Å². The number of hydrogen-bond acceptors (Lipinski definition) is 4. The second kappa shape index (κ2) is 9.07. The van der Waals surface area contributed by atoms with Crippen LogP contribution in [0.25, 0.3) is 0 Å². The predicted molar refractivity (Wildman–Crippen MR) is 98.7 cm³/mol. The summed E-state index contributed by atoms with van der Waals surface area (Å²) in [5, 5.41) is 2.51. The molecule has 0 saturated carbocycles. The molecule has 1 aromatic heterocycles. The van der Waals surface area contributed by atoms with E-state index in [1.165, 1.54) is 23.5 Å². The van der Waals surface area contributed by atoms with Crippen LogP contribution in [0.3, 0.4) is 0 Å². The lowest BCUT2D eigenvalue weighted by molar-refractivity contribution is -0.121. The highest BCUT2D eigenvalue weighted by atomic mass is 79.9. The van der Waals surface area contributed by atoms with Gasteiger partial charge in [-0.3, -0.25) is 25.2 Å². The molecule has 132 valence electrons. The van der Waals surface area contributed by atoms with Crippen LogP contribution in [-0.4, -0.2) is 24.3 Å². The SMILES string of the molecule is O=C(CCNC(=O)c1cc(F)ccc1Br)NNC(=O)c1ccc(Br)s1. The average Bonchev–Trinajstić information content (AvgIpc) is 3.01. The maximum Gasteiger partial charge on any atom is 0.279 e. The Bertz CT molecular complexity index is 813. The van der Waals surface area contributed by atoms with E-state index in [4.69, 9.17) is 0 Å². The van der Waals surface area contributed by atoms with Crippen LogP contribution in [0.5, 0.6) is 0 Å². The van der Waals surface area contributed by atoms with E-state index >= 15 is 0 Å². The molecule has 2 rings (SSSR count). The van der Waals surface area contributed by atoms with Crippen LogP contribution >= 0.6 is 43.2 Å². The van der Waals surface area contributed by atoms with Crippen LogP contribution in [0.4, 0.5) is 4.39 Å². The molecule has 3 amide bonds. The van der Waals surface area contributed by atoms with Gasteiger partial charge < -0.3 is 5.32 Å². The first-order valence-electron chi connectivity index (χ1n) is 6.94. The molecule has 2 aromatic rings. The highest BCUT2D eigenvalue weighted by molar-refractivity contribution is 9.11. The summed E-state index contributed by atoms with van der Waals surface area (Å²) in [6.45, 7) is 0.0358. The van der Waals surface area contributed by atoms with Crippen LogP contribution < -0.4 is 16.2 Å². The molecule has 0 radical (unpaired) electrons. The highest BCUT2D eigenvalue weighted by Crippen LogP contribution is 2.21. The Balaban J connectivity index is 1.74. The monoisotopic (exact) mass is 491 g/mol. The lowest BCUT2D eigenvalue weighted by Crippen LogP contribution is -2.42. The molecule has 6 nitrogen and oxygen atoms in total. The number of halogens is 3. The Morgan fingerprint density at radius 3 is 2.48 bits per heavy atom. The largest absolute Gasteiger partial charge is 0.351 e. The van der Waals surface area contributed by atoms with Gasteiger partial charge in [-0.1, -0.05) is 0 Å². The Labute approximate surface area is 163 Å². The van der Waals surface area contributed by atoms with Crippen molar-refractivity contribution < 1.29 is 18.8 Å².